The second-order valence-corrected chi connectivity index (χ2v) is 10.6. The highest BCUT2D eigenvalue weighted by Gasteiger charge is 2.44. The van der Waals surface area contributed by atoms with Gasteiger partial charge in [-0.15, -0.1) is 0 Å². The van der Waals surface area contributed by atoms with Gasteiger partial charge < -0.3 is 4.57 Å². The molecule has 0 bridgehead atoms. The van der Waals surface area contributed by atoms with Crippen LogP contribution in [0.4, 0.5) is 0 Å². The third kappa shape index (κ3) is 2.35. The molecule has 8 rings (SSSR count). The molecule has 1 aromatic heterocycles. The Morgan fingerprint density at radius 2 is 1.34 bits per heavy atom. The van der Waals surface area contributed by atoms with Gasteiger partial charge in [0, 0.05) is 27.4 Å². The third-order valence-electron chi connectivity index (χ3n) is 8.45. The Bertz CT molecular complexity index is 1820. The minimum absolute atomic E-state index is 0.0466. The molecule has 0 spiro atoms. The molecule has 2 aliphatic heterocycles. The first kappa shape index (κ1) is 19.3. The molecule has 0 atom stereocenters. The van der Waals surface area contributed by atoms with E-state index in [0.717, 1.165) is 0 Å². The van der Waals surface area contributed by atoms with Crippen molar-refractivity contribution >= 4 is 44.9 Å². The van der Waals surface area contributed by atoms with Crippen molar-refractivity contribution in [1.29, 1.82) is 0 Å². The smallest absolute Gasteiger partial charge is 0.247 e. The lowest BCUT2D eigenvalue weighted by Crippen LogP contribution is -2.63. The Labute approximate surface area is 205 Å². The van der Waals surface area contributed by atoms with E-state index in [0.29, 0.717) is 0 Å². The molecule has 1 nitrogen and oxygen atoms in total. The summed E-state index contributed by atoms with van der Waals surface area (Å²) in [4.78, 5) is 0. The largest absolute Gasteiger partial charge is 0.310 e. The first-order valence-electron chi connectivity index (χ1n) is 12.5. The Balaban J connectivity index is 1.61. The summed E-state index contributed by atoms with van der Waals surface area (Å²) in [5, 5.41) is 2.67. The van der Waals surface area contributed by atoms with Gasteiger partial charge in [0.1, 0.15) is 0 Å². The molecule has 2 heteroatoms. The van der Waals surface area contributed by atoms with E-state index >= 15 is 0 Å². The molecular formula is C33H24BN. The molecule has 0 saturated carbocycles. The predicted molar refractivity (Wildman–Crippen MR) is 149 cm³/mol. The van der Waals surface area contributed by atoms with E-state index in [-0.39, 0.29) is 12.1 Å². The van der Waals surface area contributed by atoms with Crippen LogP contribution < -0.4 is 16.4 Å². The summed E-state index contributed by atoms with van der Waals surface area (Å²) in [6.07, 6.45) is 0. The summed E-state index contributed by atoms with van der Waals surface area (Å²) in [7, 11) is 0. The molecule has 0 unspecified atom stereocenters. The standard InChI is InChI=1S/C33H24BN/c1-33(2)25-14-7-8-16-27(25)34-28-20-22(21-11-4-3-5-12-21)19-24-23-13-6-9-17-29(23)35(32(24)28)30-18-10-15-26(33)31(30)34/h3-20H,1-2H3. The van der Waals surface area contributed by atoms with Crippen LogP contribution in [-0.2, 0) is 5.41 Å². The van der Waals surface area contributed by atoms with Crippen molar-refractivity contribution in [3.63, 3.8) is 0 Å². The van der Waals surface area contributed by atoms with Crippen LogP contribution >= 0.6 is 0 Å². The number of hydrogen-bond donors (Lipinski definition) is 0. The zero-order valence-corrected chi connectivity index (χ0v) is 19.9. The normalized spacial score (nSPS) is 14.7. The molecule has 0 radical (unpaired) electrons. The van der Waals surface area contributed by atoms with Crippen molar-refractivity contribution in [3.8, 4) is 16.8 Å². The van der Waals surface area contributed by atoms with E-state index in [1.165, 1.54) is 66.1 Å². The number of rotatable bonds is 1. The van der Waals surface area contributed by atoms with Gasteiger partial charge >= 0.3 is 0 Å². The lowest BCUT2D eigenvalue weighted by molar-refractivity contribution is 0.645. The number of aromatic nitrogens is 1. The highest BCUT2D eigenvalue weighted by atomic mass is 15.0. The SMILES string of the molecule is CC1(C)c2ccccc2B2c3c(cccc31)-n1c3ccccc3c3cc(-c4ccccc4)cc2c31. The maximum atomic E-state index is 2.54. The Morgan fingerprint density at radius 3 is 2.23 bits per heavy atom. The van der Waals surface area contributed by atoms with Gasteiger partial charge in [0.15, 0.2) is 0 Å². The lowest BCUT2D eigenvalue weighted by Gasteiger charge is -2.41. The van der Waals surface area contributed by atoms with Crippen LogP contribution in [0.3, 0.4) is 0 Å². The lowest BCUT2D eigenvalue weighted by atomic mass is 9.30. The van der Waals surface area contributed by atoms with Gasteiger partial charge in [0.2, 0.25) is 6.71 Å². The van der Waals surface area contributed by atoms with Crippen molar-refractivity contribution in [1.82, 2.24) is 4.57 Å². The Kier molecular flexibility index (Phi) is 3.61. The van der Waals surface area contributed by atoms with Crippen molar-refractivity contribution in [2.45, 2.75) is 19.3 Å². The van der Waals surface area contributed by atoms with Gasteiger partial charge in [-0.3, -0.25) is 0 Å². The van der Waals surface area contributed by atoms with E-state index < -0.39 is 0 Å². The topological polar surface area (TPSA) is 4.93 Å². The molecule has 3 heterocycles. The molecule has 0 aliphatic carbocycles. The van der Waals surface area contributed by atoms with Gasteiger partial charge in [-0.2, -0.15) is 0 Å². The van der Waals surface area contributed by atoms with E-state index in [1.54, 1.807) is 0 Å². The molecule has 0 amide bonds. The van der Waals surface area contributed by atoms with Crippen molar-refractivity contribution < 1.29 is 0 Å². The monoisotopic (exact) mass is 445 g/mol. The van der Waals surface area contributed by atoms with Crippen LogP contribution in [0.25, 0.3) is 38.6 Å². The molecule has 6 aromatic rings. The van der Waals surface area contributed by atoms with E-state index in [1.807, 2.05) is 0 Å². The van der Waals surface area contributed by atoms with Crippen LogP contribution in [0.2, 0.25) is 0 Å². The van der Waals surface area contributed by atoms with Gasteiger partial charge in [-0.05, 0) is 51.4 Å². The molecule has 0 N–H and O–H groups in total. The average molecular weight is 445 g/mol. The second-order valence-electron chi connectivity index (χ2n) is 10.6. The number of fused-ring (bicyclic) bond motifs is 7. The first-order chi connectivity index (χ1) is 17.1. The van der Waals surface area contributed by atoms with E-state index in [9.17, 15) is 0 Å². The van der Waals surface area contributed by atoms with Crippen molar-refractivity contribution in [2.75, 3.05) is 0 Å². The summed E-state index contributed by atoms with van der Waals surface area (Å²) >= 11 is 0. The van der Waals surface area contributed by atoms with Crippen LogP contribution in [-0.4, -0.2) is 11.3 Å². The Hall–Kier alpha value is -4.04. The molecule has 2 aliphatic rings. The molecule has 164 valence electrons. The van der Waals surface area contributed by atoms with Gasteiger partial charge in [0.25, 0.3) is 0 Å². The molecule has 0 fully saturated rings. The maximum Gasteiger partial charge on any atom is 0.247 e. The van der Waals surface area contributed by atoms with E-state index in [4.69, 9.17) is 0 Å². The second kappa shape index (κ2) is 6.55. The fraction of sp³-hybridized carbons (Fsp3) is 0.0909. The highest BCUT2D eigenvalue weighted by Crippen LogP contribution is 2.40. The summed E-state index contributed by atoms with van der Waals surface area (Å²) in [5.74, 6) is 0. The zero-order chi connectivity index (χ0) is 23.3. The average Bonchev–Trinajstić information content (AvgIpc) is 3.24. The molecule has 0 saturated heterocycles. The van der Waals surface area contributed by atoms with Gasteiger partial charge in [-0.1, -0.05) is 110 Å². The first-order valence-corrected chi connectivity index (χ1v) is 12.5. The van der Waals surface area contributed by atoms with Crippen LogP contribution in [0.1, 0.15) is 25.0 Å². The summed E-state index contributed by atoms with van der Waals surface area (Å²) < 4.78 is 2.54. The van der Waals surface area contributed by atoms with Gasteiger partial charge in [-0.25, -0.2) is 0 Å². The number of nitrogens with zero attached hydrogens (tertiary/aromatic N) is 1. The molecule has 5 aromatic carbocycles. The quantitative estimate of drug-likeness (QED) is 0.277. The molecule has 35 heavy (non-hydrogen) atoms. The predicted octanol–water partition coefficient (Wildman–Crippen LogP) is 5.92. The minimum atomic E-state index is -0.0466. The molecular weight excluding hydrogens is 421 g/mol. The Morgan fingerprint density at radius 1 is 0.600 bits per heavy atom. The van der Waals surface area contributed by atoms with Crippen LogP contribution in [0.5, 0.6) is 0 Å². The fourth-order valence-corrected chi connectivity index (χ4v) is 6.93. The van der Waals surface area contributed by atoms with E-state index in [2.05, 4.69) is 128 Å². The van der Waals surface area contributed by atoms with Crippen LogP contribution in [0.15, 0.2) is 109 Å². The van der Waals surface area contributed by atoms with Crippen molar-refractivity contribution in [2.24, 2.45) is 0 Å². The minimum Gasteiger partial charge on any atom is -0.310 e. The van der Waals surface area contributed by atoms with Gasteiger partial charge in [0.05, 0.1) is 5.52 Å². The number of para-hydroxylation sites is 1. The summed E-state index contributed by atoms with van der Waals surface area (Å²) in [5.41, 5.74) is 13.7. The number of hydrogen-bond acceptors (Lipinski definition) is 0. The van der Waals surface area contributed by atoms with Crippen molar-refractivity contribution in [3.05, 3.63) is 120 Å². The summed E-state index contributed by atoms with van der Waals surface area (Å²) in [6, 6.07) is 40.7. The van der Waals surface area contributed by atoms with Crippen LogP contribution in [0, 0.1) is 0 Å². The maximum absolute atomic E-state index is 2.54. The summed E-state index contributed by atoms with van der Waals surface area (Å²) in [6.45, 7) is 5.00. The number of benzene rings is 5. The third-order valence-corrected chi connectivity index (χ3v) is 8.45. The fourth-order valence-electron chi connectivity index (χ4n) is 6.93. The highest BCUT2D eigenvalue weighted by molar-refractivity contribution is 6.99. The zero-order valence-electron chi connectivity index (χ0n) is 19.9.